The summed E-state index contributed by atoms with van der Waals surface area (Å²) in [5, 5.41) is 7.88. The number of H-pyrrole nitrogens is 1. The first-order valence-electron chi connectivity index (χ1n) is 10.1. The number of aliphatic imine (C=N–C) groups is 1. The van der Waals surface area contributed by atoms with Crippen molar-refractivity contribution in [2.45, 2.75) is 52.1 Å². The van der Waals surface area contributed by atoms with Crippen molar-refractivity contribution < 1.29 is 4.39 Å². The van der Waals surface area contributed by atoms with Crippen LogP contribution in [-0.4, -0.2) is 54.1 Å². The summed E-state index contributed by atoms with van der Waals surface area (Å²) >= 11 is 0. The van der Waals surface area contributed by atoms with Crippen LogP contribution in [-0.2, 0) is 6.42 Å². The first-order valence-corrected chi connectivity index (χ1v) is 10.1. The zero-order valence-electron chi connectivity index (χ0n) is 16.7. The van der Waals surface area contributed by atoms with Crippen LogP contribution in [0.1, 0.15) is 39.2 Å². The van der Waals surface area contributed by atoms with Crippen LogP contribution in [0.3, 0.4) is 0 Å². The third kappa shape index (κ3) is 5.22. The summed E-state index contributed by atoms with van der Waals surface area (Å²) in [6, 6.07) is 5.95. The van der Waals surface area contributed by atoms with Crippen LogP contribution in [0.25, 0.3) is 10.9 Å². The SMILES string of the molecule is CCNC(=NCCc1c[nH]c2ccc(F)cc12)NC1CCN(C(C)C)CC1. The predicted octanol–water partition coefficient (Wildman–Crippen LogP) is 3.28. The lowest BCUT2D eigenvalue weighted by Gasteiger charge is -2.35. The molecule has 0 unspecified atom stereocenters. The van der Waals surface area contributed by atoms with Crippen LogP contribution >= 0.6 is 0 Å². The second kappa shape index (κ2) is 9.22. The van der Waals surface area contributed by atoms with Gasteiger partial charge < -0.3 is 20.5 Å². The number of halogens is 1. The van der Waals surface area contributed by atoms with E-state index in [-0.39, 0.29) is 5.82 Å². The lowest BCUT2D eigenvalue weighted by Crippen LogP contribution is -2.49. The molecule has 1 aromatic carbocycles. The van der Waals surface area contributed by atoms with E-state index in [2.05, 4.69) is 41.3 Å². The first-order chi connectivity index (χ1) is 13.1. The minimum atomic E-state index is -0.199. The topological polar surface area (TPSA) is 55.5 Å². The first kappa shape index (κ1) is 19.7. The molecule has 1 fully saturated rings. The number of nitrogens with one attached hydrogen (secondary N) is 3. The Kier molecular flexibility index (Phi) is 6.72. The van der Waals surface area contributed by atoms with Gasteiger partial charge in [0, 0.05) is 55.4 Å². The summed E-state index contributed by atoms with van der Waals surface area (Å²) in [5.41, 5.74) is 2.08. The molecule has 1 aliphatic rings. The number of hydrogen-bond acceptors (Lipinski definition) is 2. The van der Waals surface area contributed by atoms with Crippen molar-refractivity contribution in [1.82, 2.24) is 20.5 Å². The molecular formula is C21H32FN5. The Balaban J connectivity index is 1.56. The molecule has 0 aliphatic carbocycles. The summed E-state index contributed by atoms with van der Waals surface area (Å²) in [6.07, 6.45) is 5.03. The normalized spacial score (nSPS) is 17.0. The van der Waals surface area contributed by atoms with Gasteiger partial charge in [0.05, 0.1) is 0 Å². The minimum Gasteiger partial charge on any atom is -0.361 e. The lowest BCUT2D eigenvalue weighted by atomic mass is 10.0. The minimum absolute atomic E-state index is 0.199. The largest absolute Gasteiger partial charge is 0.361 e. The summed E-state index contributed by atoms with van der Waals surface area (Å²) < 4.78 is 13.5. The van der Waals surface area contributed by atoms with Gasteiger partial charge in [-0.3, -0.25) is 4.99 Å². The highest BCUT2D eigenvalue weighted by atomic mass is 19.1. The second-order valence-corrected chi connectivity index (χ2v) is 7.56. The monoisotopic (exact) mass is 373 g/mol. The van der Waals surface area contributed by atoms with Gasteiger partial charge in [0.15, 0.2) is 5.96 Å². The van der Waals surface area contributed by atoms with Gasteiger partial charge in [-0.15, -0.1) is 0 Å². The zero-order valence-corrected chi connectivity index (χ0v) is 16.7. The Labute approximate surface area is 161 Å². The van der Waals surface area contributed by atoms with E-state index in [4.69, 9.17) is 4.99 Å². The molecule has 0 spiro atoms. The van der Waals surface area contributed by atoms with Gasteiger partial charge in [0.25, 0.3) is 0 Å². The maximum atomic E-state index is 13.5. The molecule has 3 rings (SSSR count). The predicted molar refractivity (Wildman–Crippen MR) is 111 cm³/mol. The van der Waals surface area contributed by atoms with Crippen molar-refractivity contribution in [2.75, 3.05) is 26.2 Å². The molecule has 0 bridgehead atoms. The molecule has 0 saturated carbocycles. The van der Waals surface area contributed by atoms with Crippen LogP contribution in [0.2, 0.25) is 0 Å². The van der Waals surface area contributed by atoms with Crippen LogP contribution < -0.4 is 10.6 Å². The van der Waals surface area contributed by atoms with E-state index in [0.29, 0.717) is 18.6 Å². The fourth-order valence-electron chi connectivity index (χ4n) is 3.72. The molecule has 148 valence electrons. The number of aromatic amines is 1. The Morgan fingerprint density at radius 2 is 2.11 bits per heavy atom. The molecule has 3 N–H and O–H groups in total. The average Bonchev–Trinajstić information content (AvgIpc) is 3.04. The molecule has 2 aromatic rings. The number of hydrogen-bond donors (Lipinski definition) is 3. The zero-order chi connectivity index (χ0) is 19.2. The fraction of sp³-hybridized carbons (Fsp3) is 0.571. The summed E-state index contributed by atoms with van der Waals surface area (Å²) in [5.74, 6) is 0.682. The van der Waals surface area contributed by atoms with Crippen molar-refractivity contribution in [2.24, 2.45) is 4.99 Å². The lowest BCUT2D eigenvalue weighted by molar-refractivity contribution is 0.167. The van der Waals surface area contributed by atoms with Crippen LogP contribution in [0.15, 0.2) is 29.4 Å². The number of piperidine rings is 1. The van der Waals surface area contributed by atoms with Gasteiger partial charge in [0.1, 0.15) is 5.82 Å². The summed E-state index contributed by atoms with van der Waals surface area (Å²) in [7, 11) is 0. The van der Waals surface area contributed by atoms with E-state index in [1.807, 2.05) is 6.20 Å². The van der Waals surface area contributed by atoms with Crippen molar-refractivity contribution in [3.05, 3.63) is 35.8 Å². The molecule has 0 radical (unpaired) electrons. The van der Waals surface area contributed by atoms with E-state index in [1.165, 1.54) is 6.07 Å². The molecule has 2 heterocycles. The van der Waals surface area contributed by atoms with E-state index in [9.17, 15) is 4.39 Å². The van der Waals surface area contributed by atoms with Gasteiger partial charge in [0.2, 0.25) is 0 Å². The van der Waals surface area contributed by atoms with Crippen molar-refractivity contribution >= 4 is 16.9 Å². The molecule has 1 aromatic heterocycles. The Morgan fingerprint density at radius 1 is 1.33 bits per heavy atom. The fourth-order valence-corrected chi connectivity index (χ4v) is 3.72. The summed E-state index contributed by atoms with van der Waals surface area (Å²) in [4.78, 5) is 10.5. The third-order valence-electron chi connectivity index (χ3n) is 5.33. The van der Waals surface area contributed by atoms with E-state index < -0.39 is 0 Å². The molecule has 6 heteroatoms. The highest BCUT2D eigenvalue weighted by Crippen LogP contribution is 2.20. The van der Waals surface area contributed by atoms with Crippen molar-refractivity contribution in [3.63, 3.8) is 0 Å². The molecule has 27 heavy (non-hydrogen) atoms. The average molecular weight is 374 g/mol. The van der Waals surface area contributed by atoms with Gasteiger partial charge in [-0.25, -0.2) is 4.39 Å². The number of aromatic nitrogens is 1. The quantitative estimate of drug-likeness (QED) is 0.538. The summed E-state index contributed by atoms with van der Waals surface area (Å²) in [6.45, 7) is 10.4. The van der Waals surface area contributed by atoms with E-state index in [0.717, 1.165) is 61.3 Å². The Bertz CT molecular complexity index is 759. The smallest absolute Gasteiger partial charge is 0.191 e. The number of fused-ring (bicyclic) bond motifs is 1. The van der Waals surface area contributed by atoms with Gasteiger partial charge in [-0.1, -0.05) is 0 Å². The number of benzene rings is 1. The molecule has 5 nitrogen and oxygen atoms in total. The Morgan fingerprint density at radius 3 is 2.81 bits per heavy atom. The number of rotatable bonds is 6. The van der Waals surface area contributed by atoms with Gasteiger partial charge in [-0.05, 0) is 63.8 Å². The van der Waals surface area contributed by atoms with E-state index in [1.54, 1.807) is 12.1 Å². The number of nitrogens with zero attached hydrogens (tertiary/aromatic N) is 2. The highest BCUT2D eigenvalue weighted by molar-refractivity contribution is 5.83. The second-order valence-electron chi connectivity index (χ2n) is 7.56. The maximum absolute atomic E-state index is 13.5. The molecule has 1 saturated heterocycles. The maximum Gasteiger partial charge on any atom is 0.191 e. The number of guanidine groups is 1. The molecule has 0 amide bonds. The molecule has 0 atom stereocenters. The van der Waals surface area contributed by atoms with Crippen LogP contribution in [0.4, 0.5) is 4.39 Å². The number of likely N-dealkylation sites (tertiary alicyclic amines) is 1. The van der Waals surface area contributed by atoms with Crippen LogP contribution in [0.5, 0.6) is 0 Å². The van der Waals surface area contributed by atoms with E-state index >= 15 is 0 Å². The Hall–Kier alpha value is -2.08. The van der Waals surface area contributed by atoms with Crippen LogP contribution in [0, 0.1) is 5.82 Å². The van der Waals surface area contributed by atoms with Crippen molar-refractivity contribution in [1.29, 1.82) is 0 Å². The van der Waals surface area contributed by atoms with Gasteiger partial charge in [-0.2, -0.15) is 0 Å². The van der Waals surface area contributed by atoms with Crippen molar-refractivity contribution in [3.8, 4) is 0 Å². The highest BCUT2D eigenvalue weighted by Gasteiger charge is 2.21. The molecule has 1 aliphatic heterocycles. The third-order valence-corrected chi connectivity index (χ3v) is 5.33. The standard InChI is InChI=1S/C21H32FN5/c1-4-23-21(26-18-8-11-27(12-9-18)15(2)3)24-10-7-16-14-25-20-6-5-17(22)13-19(16)20/h5-6,13-15,18,25H,4,7-12H2,1-3H3,(H2,23,24,26). The van der Waals surface area contributed by atoms with Gasteiger partial charge >= 0.3 is 0 Å². The molecular weight excluding hydrogens is 341 g/mol.